The number of sulfonamides is 1. The quantitative estimate of drug-likeness (QED) is 0.391. The van der Waals surface area contributed by atoms with Gasteiger partial charge >= 0.3 is 0 Å². The molecule has 0 saturated heterocycles. The summed E-state index contributed by atoms with van der Waals surface area (Å²) in [5, 5.41) is 16.9. The Hall–Kier alpha value is -2.46. The molecule has 8 nitrogen and oxygen atoms in total. The zero-order chi connectivity index (χ0) is 24.7. The van der Waals surface area contributed by atoms with Crippen molar-refractivity contribution in [1.29, 1.82) is 0 Å². The molecule has 0 bridgehead atoms. The van der Waals surface area contributed by atoms with E-state index >= 15 is 0 Å². The summed E-state index contributed by atoms with van der Waals surface area (Å²) < 4.78 is 26.3. The van der Waals surface area contributed by atoms with E-state index in [1.807, 2.05) is 30.3 Å². The molecule has 2 atom stereocenters. The lowest BCUT2D eigenvalue weighted by atomic mass is 9.73. The standard InChI is InChI=1S/C24H28ClN3O5S/c1-28(2)34(32,33)23-16(25)11-12-17(20(23)29)26-18-19(22(31)21(18)30)27-24(13-7-4-8-14-24)15-9-5-3-6-10-15/h3,5-6,9-12,18-19,26-27,29H,4,7-8,13-14H2,1-2H3. The number of hydrogen-bond donors (Lipinski definition) is 3. The summed E-state index contributed by atoms with van der Waals surface area (Å²) in [5.74, 6) is -1.75. The van der Waals surface area contributed by atoms with Crippen LogP contribution in [0.3, 0.4) is 0 Å². The number of benzene rings is 2. The van der Waals surface area contributed by atoms with Gasteiger partial charge < -0.3 is 10.4 Å². The number of carbonyl (C=O) groups is 2. The van der Waals surface area contributed by atoms with Gasteiger partial charge in [-0.1, -0.05) is 61.2 Å². The maximum absolute atomic E-state index is 12.7. The summed E-state index contributed by atoms with van der Waals surface area (Å²) in [5.41, 5.74) is 0.635. The van der Waals surface area contributed by atoms with Crippen LogP contribution >= 0.6 is 11.6 Å². The molecule has 182 valence electrons. The molecule has 2 unspecified atom stereocenters. The van der Waals surface area contributed by atoms with Gasteiger partial charge in [-0.3, -0.25) is 14.9 Å². The number of carbonyl (C=O) groups excluding carboxylic acids is 2. The van der Waals surface area contributed by atoms with Gasteiger partial charge in [-0.2, -0.15) is 0 Å². The van der Waals surface area contributed by atoms with Crippen molar-refractivity contribution >= 4 is 38.9 Å². The highest BCUT2D eigenvalue weighted by molar-refractivity contribution is 7.89. The Morgan fingerprint density at radius 3 is 2.21 bits per heavy atom. The molecule has 0 amide bonds. The summed E-state index contributed by atoms with van der Waals surface area (Å²) in [7, 11) is -1.40. The summed E-state index contributed by atoms with van der Waals surface area (Å²) in [6.45, 7) is 0. The van der Waals surface area contributed by atoms with Crippen molar-refractivity contribution in [3.63, 3.8) is 0 Å². The highest BCUT2D eigenvalue weighted by Crippen LogP contribution is 2.41. The molecule has 0 aromatic heterocycles. The molecule has 0 radical (unpaired) electrons. The topological polar surface area (TPSA) is 116 Å². The van der Waals surface area contributed by atoms with Gasteiger partial charge in [0.2, 0.25) is 21.6 Å². The molecule has 2 aromatic carbocycles. The first-order valence-electron chi connectivity index (χ1n) is 11.2. The number of aromatic hydroxyl groups is 1. The van der Waals surface area contributed by atoms with Gasteiger partial charge in [-0.25, -0.2) is 12.7 Å². The van der Waals surface area contributed by atoms with Crippen molar-refractivity contribution in [3.8, 4) is 5.75 Å². The molecular weight excluding hydrogens is 478 g/mol. The Balaban J connectivity index is 1.65. The first-order chi connectivity index (χ1) is 16.1. The molecule has 3 N–H and O–H groups in total. The van der Waals surface area contributed by atoms with Crippen LogP contribution in [0, 0.1) is 0 Å². The van der Waals surface area contributed by atoms with E-state index in [2.05, 4.69) is 10.6 Å². The fourth-order valence-electron chi connectivity index (χ4n) is 4.80. The van der Waals surface area contributed by atoms with E-state index in [1.54, 1.807) is 0 Å². The molecule has 0 aliphatic heterocycles. The van der Waals surface area contributed by atoms with Crippen LogP contribution in [-0.2, 0) is 25.2 Å². The zero-order valence-corrected chi connectivity index (χ0v) is 20.6. The van der Waals surface area contributed by atoms with Crippen molar-refractivity contribution in [2.45, 2.75) is 54.6 Å². The van der Waals surface area contributed by atoms with Gasteiger partial charge in [0.15, 0.2) is 5.75 Å². The minimum absolute atomic E-state index is 0.0138. The normalized spacial score (nSPS) is 22.5. The van der Waals surface area contributed by atoms with E-state index in [-0.39, 0.29) is 10.7 Å². The third-order valence-corrected chi connectivity index (χ3v) is 9.06. The van der Waals surface area contributed by atoms with Crippen LogP contribution in [0.15, 0.2) is 47.4 Å². The van der Waals surface area contributed by atoms with Crippen molar-refractivity contribution in [3.05, 3.63) is 53.1 Å². The minimum atomic E-state index is -4.05. The Bertz CT molecular complexity index is 1210. The monoisotopic (exact) mass is 505 g/mol. The number of rotatable bonds is 7. The average Bonchev–Trinajstić information content (AvgIpc) is 2.83. The lowest BCUT2D eigenvalue weighted by molar-refractivity contribution is -0.146. The molecule has 0 heterocycles. The fourth-order valence-corrected chi connectivity index (χ4v) is 6.27. The molecule has 2 aromatic rings. The first kappa shape index (κ1) is 24.7. The number of Topliss-reactive ketones (excluding diaryl/α,β-unsaturated/α-hetero) is 2. The molecule has 2 saturated carbocycles. The van der Waals surface area contributed by atoms with Crippen LogP contribution in [0.25, 0.3) is 0 Å². The van der Waals surface area contributed by atoms with Crippen LogP contribution in [0.2, 0.25) is 5.02 Å². The first-order valence-corrected chi connectivity index (χ1v) is 13.0. The highest BCUT2D eigenvalue weighted by atomic mass is 35.5. The molecule has 2 aliphatic carbocycles. The Kier molecular flexibility index (Phi) is 6.74. The van der Waals surface area contributed by atoms with Crippen molar-refractivity contribution in [1.82, 2.24) is 9.62 Å². The Morgan fingerprint density at radius 2 is 1.59 bits per heavy atom. The van der Waals surface area contributed by atoms with Crippen LogP contribution < -0.4 is 10.6 Å². The smallest absolute Gasteiger partial charge is 0.247 e. The number of halogens is 1. The molecule has 4 rings (SSSR count). The van der Waals surface area contributed by atoms with Gasteiger partial charge in [0, 0.05) is 19.6 Å². The second-order valence-electron chi connectivity index (χ2n) is 9.04. The molecular formula is C24H28ClN3O5S. The number of anilines is 1. The van der Waals surface area contributed by atoms with Crippen LogP contribution in [-0.4, -0.2) is 55.6 Å². The third-order valence-electron chi connectivity index (χ3n) is 6.74. The molecule has 2 fully saturated rings. The SMILES string of the molecule is CN(C)S(=O)(=O)c1c(Cl)ccc(NC2C(=O)C(=O)C2NC2(c3ccccc3)CCCCC2)c1O. The van der Waals surface area contributed by atoms with E-state index < -0.39 is 49.9 Å². The van der Waals surface area contributed by atoms with E-state index in [1.165, 1.54) is 26.2 Å². The lowest BCUT2D eigenvalue weighted by Crippen LogP contribution is -2.70. The lowest BCUT2D eigenvalue weighted by Gasteiger charge is -2.46. The van der Waals surface area contributed by atoms with Crippen molar-refractivity contribution < 1.29 is 23.1 Å². The summed E-state index contributed by atoms with van der Waals surface area (Å²) >= 11 is 6.08. The van der Waals surface area contributed by atoms with Crippen LogP contribution in [0.5, 0.6) is 5.75 Å². The van der Waals surface area contributed by atoms with Gasteiger partial charge in [0.25, 0.3) is 0 Å². The van der Waals surface area contributed by atoms with Crippen LogP contribution in [0.1, 0.15) is 37.7 Å². The number of ketones is 2. The summed E-state index contributed by atoms with van der Waals surface area (Å²) in [6.07, 6.45) is 4.77. The van der Waals surface area contributed by atoms with E-state index in [9.17, 15) is 23.1 Å². The number of phenols is 1. The maximum Gasteiger partial charge on any atom is 0.247 e. The fraction of sp³-hybridized carbons (Fsp3) is 0.417. The average molecular weight is 506 g/mol. The largest absolute Gasteiger partial charge is 0.504 e. The van der Waals surface area contributed by atoms with E-state index in [4.69, 9.17) is 11.6 Å². The second kappa shape index (κ2) is 9.30. The van der Waals surface area contributed by atoms with Crippen LogP contribution in [0.4, 0.5) is 5.69 Å². The second-order valence-corrected chi connectivity index (χ2v) is 11.5. The van der Waals surface area contributed by atoms with E-state index in [0.717, 1.165) is 42.0 Å². The highest BCUT2D eigenvalue weighted by Gasteiger charge is 2.52. The molecule has 0 spiro atoms. The zero-order valence-electron chi connectivity index (χ0n) is 19.0. The predicted molar refractivity (Wildman–Crippen MR) is 130 cm³/mol. The molecule has 34 heavy (non-hydrogen) atoms. The van der Waals surface area contributed by atoms with Gasteiger partial charge in [0.1, 0.15) is 17.0 Å². The molecule has 10 heteroatoms. The summed E-state index contributed by atoms with van der Waals surface area (Å²) in [4.78, 5) is 24.7. The van der Waals surface area contributed by atoms with Gasteiger partial charge in [-0.15, -0.1) is 0 Å². The maximum atomic E-state index is 12.7. The number of phenolic OH excluding ortho intramolecular Hbond substituents is 1. The van der Waals surface area contributed by atoms with Crippen molar-refractivity contribution in [2.24, 2.45) is 0 Å². The Morgan fingerprint density at radius 1 is 0.971 bits per heavy atom. The minimum Gasteiger partial charge on any atom is -0.504 e. The number of hydrogen-bond acceptors (Lipinski definition) is 7. The number of nitrogens with one attached hydrogen (secondary N) is 2. The number of nitrogens with zero attached hydrogens (tertiary/aromatic N) is 1. The summed E-state index contributed by atoms with van der Waals surface area (Å²) in [6, 6.07) is 10.9. The predicted octanol–water partition coefficient (Wildman–Crippen LogP) is 3.05. The van der Waals surface area contributed by atoms with E-state index in [0.29, 0.717) is 0 Å². The third kappa shape index (κ3) is 4.22. The van der Waals surface area contributed by atoms with Crippen molar-refractivity contribution in [2.75, 3.05) is 19.4 Å². The Labute approximate surface area is 204 Å². The van der Waals surface area contributed by atoms with Gasteiger partial charge in [-0.05, 0) is 30.5 Å². The molecule has 2 aliphatic rings. The van der Waals surface area contributed by atoms with Gasteiger partial charge in [0.05, 0.1) is 10.7 Å².